The molecule has 23 heavy (non-hydrogen) atoms. The van der Waals surface area contributed by atoms with Crippen LogP contribution in [0.2, 0.25) is 0 Å². The van der Waals surface area contributed by atoms with Crippen LogP contribution in [-0.4, -0.2) is 42.9 Å². The van der Waals surface area contributed by atoms with Gasteiger partial charge < -0.3 is 15.5 Å². The fourth-order valence-electron chi connectivity index (χ4n) is 3.48. The van der Waals surface area contributed by atoms with Crippen molar-refractivity contribution in [1.82, 2.24) is 4.90 Å². The van der Waals surface area contributed by atoms with Crippen LogP contribution < -0.4 is 10.6 Å². The summed E-state index contributed by atoms with van der Waals surface area (Å²) in [6.07, 6.45) is 1.53. The van der Waals surface area contributed by atoms with Crippen LogP contribution in [0, 0.1) is 5.92 Å². The van der Waals surface area contributed by atoms with Crippen molar-refractivity contribution < 1.29 is 14.5 Å². The zero-order valence-electron chi connectivity index (χ0n) is 14.1. The molecule has 1 atom stereocenters. The van der Waals surface area contributed by atoms with Gasteiger partial charge in [0.1, 0.15) is 0 Å². The summed E-state index contributed by atoms with van der Waals surface area (Å²) in [6.45, 7) is 7.07. The molecular formula is C18H28N3O2+. The van der Waals surface area contributed by atoms with Crippen LogP contribution in [0.15, 0.2) is 30.3 Å². The van der Waals surface area contributed by atoms with Crippen LogP contribution in [0.1, 0.15) is 38.3 Å². The largest absolute Gasteiger partial charge is 0.369 e. The maximum absolute atomic E-state index is 13.0. The molecule has 1 aromatic rings. The highest BCUT2D eigenvalue weighted by Crippen LogP contribution is 2.16. The number of primary amides is 1. The smallest absolute Gasteiger partial charge is 0.285 e. The number of benzene rings is 1. The van der Waals surface area contributed by atoms with Crippen molar-refractivity contribution in [2.75, 3.05) is 26.2 Å². The maximum atomic E-state index is 13.0. The number of nitrogens with two attached hydrogens (primary N) is 1. The van der Waals surface area contributed by atoms with E-state index in [0.29, 0.717) is 0 Å². The summed E-state index contributed by atoms with van der Waals surface area (Å²) in [7, 11) is 0. The van der Waals surface area contributed by atoms with Crippen molar-refractivity contribution in [3.05, 3.63) is 35.9 Å². The number of rotatable bonds is 6. The first-order chi connectivity index (χ1) is 11.1. The van der Waals surface area contributed by atoms with Gasteiger partial charge in [0, 0.05) is 37.4 Å². The van der Waals surface area contributed by atoms with Crippen molar-refractivity contribution in [2.45, 2.75) is 32.7 Å². The minimum absolute atomic E-state index is 0.0428. The molecule has 1 aromatic carbocycles. The van der Waals surface area contributed by atoms with Crippen LogP contribution in [0.4, 0.5) is 0 Å². The SMILES string of the molecule is CCN(CC)C(=O)[C@H](c1ccccc1)[NH+]1CCC(C(N)=O)CC1. The third kappa shape index (κ3) is 4.10. The van der Waals surface area contributed by atoms with Crippen LogP contribution in [0.25, 0.3) is 0 Å². The molecule has 1 heterocycles. The molecular weight excluding hydrogens is 290 g/mol. The normalized spacial score (nSPS) is 22.3. The van der Waals surface area contributed by atoms with Crippen molar-refractivity contribution >= 4 is 11.8 Å². The molecule has 0 radical (unpaired) electrons. The fourth-order valence-corrected chi connectivity index (χ4v) is 3.48. The van der Waals surface area contributed by atoms with Crippen LogP contribution in [-0.2, 0) is 9.59 Å². The first-order valence-electron chi connectivity index (χ1n) is 8.56. The van der Waals surface area contributed by atoms with Gasteiger partial charge in [0.2, 0.25) is 5.91 Å². The van der Waals surface area contributed by atoms with E-state index in [1.807, 2.05) is 49.1 Å². The number of likely N-dealkylation sites (N-methyl/N-ethyl adjacent to an activating group) is 1. The minimum atomic E-state index is -0.213. The third-order valence-electron chi connectivity index (χ3n) is 4.89. The highest BCUT2D eigenvalue weighted by atomic mass is 16.2. The number of carbonyl (C=O) groups excluding carboxylic acids is 2. The van der Waals surface area contributed by atoms with Gasteiger partial charge in [-0.15, -0.1) is 0 Å². The molecule has 3 N–H and O–H groups in total. The second kappa shape index (κ2) is 8.11. The summed E-state index contributed by atoms with van der Waals surface area (Å²) in [6, 6.07) is 9.79. The Morgan fingerprint density at radius 2 is 1.74 bits per heavy atom. The van der Waals surface area contributed by atoms with E-state index in [0.717, 1.165) is 44.6 Å². The summed E-state index contributed by atoms with van der Waals surface area (Å²) in [5.41, 5.74) is 6.48. The first kappa shape index (κ1) is 17.5. The summed E-state index contributed by atoms with van der Waals surface area (Å²) in [5, 5.41) is 0. The van der Waals surface area contributed by atoms with Crippen molar-refractivity contribution in [3.63, 3.8) is 0 Å². The molecule has 1 aliphatic heterocycles. The van der Waals surface area contributed by atoms with Crippen LogP contribution in [0.5, 0.6) is 0 Å². The standard InChI is InChI=1S/C18H27N3O2/c1-3-20(4-2)18(23)16(14-8-6-5-7-9-14)21-12-10-15(11-13-21)17(19)22/h5-9,15-16H,3-4,10-13H2,1-2H3,(H2,19,22)/p+1/t16-/m0/s1. The average Bonchev–Trinajstić information content (AvgIpc) is 2.57. The maximum Gasteiger partial charge on any atom is 0.285 e. The Labute approximate surface area is 138 Å². The summed E-state index contributed by atoms with van der Waals surface area (Å²) < 4.78 is 0. The van der Waals surface area contributed by atoms with Gasteiger partial charge in [-0.1, -0.05) is 30.3 Å². The highest BCUT2D eigenvalue weighted by Gasteiger charge is 2.37. The number of nitrogens with zero attached hydrogens (tertiary/aromatic N) is 1. The molecule has 2 rings (SSSR count). The molecule has 0 bridgehead atoms. The lowest BCUT2D eigenvalue weighted by atomic mass is 9.93. The number of carbonyl (C=O) groups is 2. The highest BCUT2D eigenvalue weighted by molar-refractivity contribution is 5.82. The lowest BCUT2D eigenvalue weighted by Gasteiger charge is -2.35. The number of quaternary nitrogens is 1. The van der Waals surface area contributed by atoms with Crippen molar-refractivity contribution in [3.8, 4) is 0 Å². The molecule has 1 fully saturated rings. The molecule has 126 valence electrons. The number of likely N-dealkylation sites (tertiary alicyclic amines) is 1. The van der Waals surface area contributed by atoms with E-state index in [-0.39, 0.29) is 23.8 Å². The molecule has 0 saturated carbocycles. The zero-order valence-corrected chi connectivity index (χ0v) is 14.1. The Balaban J connectivity index is 2.21. The predicted octanol–water partition coefficient (Wildman–Crippen LogP) is 0.376. The number of amides is 2. The van der Waals surface area contributed by atoms with Gasteiger partial charge in [0.25, 0.3) is 5.91 Å². The summed E-state index contributed by atoms with van der Waals surface area (Å²) >= 11 is 0. The average molecular weight is 318 g/mol. The molecule has 5 heteroatoms. The first-order valence-corrected chi connectivity index (χ1v) is 8.56. The third-order valence-corrected chi connectivity index (χ3v) is 4.89. The molecule has 0 unspecified atom stereocenters. The summed E-state index contributed by atoms with van der Waals surface area (Å²) in [5.74, 6) is -0.0807. The van der Waals surface area contributed by atoms with Crippen molar-refractivity contribution in [2.24, 2.45) is 11.7 Å². The van der Waals surface area contributed by atoms with E-state index < -0.39 is 0 Å². The Kier molecular flexibility index (Phi) is 6.16. The lowest BCUT2D eigenvalue weighted by Crippen LogP contribution is -3.14. The zero-order chi connectivity index (χ0) is 16.8. The minimum Gasteiger partial charge on any atom is -0.369 e. The van der Waals surface area contributed by atoms with E-state index in [1.54, 1.807) is 0 Å². The number of hydrogen-bond donors (Lipinski definition) is 2. The van der Waals surface area contributed by atoms with Crippen LogP contribution >= 0.6 is 0 Å². The van der Waals surface area contributed by atoms with Gasteiger partial charge in [0.05, 0.1) is 13.1 Å². The van der Waals surface area contributed by atoms with Crippen molar-refractivity contribution in [1.29, 1.82) is 0 Å². The molecule has 0 aliphatic carbocycles. The van der Waals surface area contributed by atoms with E-state index in [1.165, 1.54) is 4.90 Å². The Bertz CT molecular complexity index is 520. The monoisotopic (exact) mass is 318 g/mol. The fraction of sp³-hybridized carbons (Fsp3) is 0.556. The summed E-state index contributed by atoms with van der Waals surface area (Å²) in [4.78, 5) is 27.5. The Morgan fingerprint density at radius 1 is 1.17 bits per heavy atom. The van der Waals surface area contributed by atoms with Crippen LogP contribution in [0.3, 0.4) is 0 Å². The Morgan fingerprint density at radius 3 is 2.22 bits per heavy atom. The quantitative estimate of drug-likeness (QED) is 0.796. The number of nitrogens with one attached hydrogen (secondary N) is 1. The number of hydrogen-bond acceptors (Lipinski definition) is 2. The molecule has 1 saturated heterocycles. The van der Waals surface area contributed by atoms with Gasteiger partial charge in [-0.05, 0) is 13.8 Å². The van der Waals surface area contributed by atoms with E-state index in [9.17, 15) is 9.59 Å². The topological polar surface area (TPSA) is 67.8 Å². The van der Waals surface area contributed by atoms with Gasteiger partial charge in [-0.25, -0.2) is 0 Å². The molecule has 2 amide bonds. The van der Waals surface area contributed by atoms with Gasteiger partial charge in [-0.3, -0.25) is 9.59 Å². The second-order valence-electron chi connectivity index (χ2n) is 6.19. The molecule has 5 nitrogen and oxygen atoms in total. The van der Waals surface area contributed by atoms with E-state index in [4.69, 9.17) is 5.73 Å². The second-order valence-corrected chi connectivity index (χ2v) is 6.19. The molecule has 1 aliphatic rings. The van der Waals surface area contributed by atoms with Gasteiger partial charge >= 0.3 is 0 Å². The predicted molar refractivity (Wildman–Crippen MR) is 89.7 cm³/mol. The van der Waals surface area contributed by atoms with E-state index in [2.05, 4.69) is 0 Å². The molecule has 0 spiro atoms. The van der Waals surface area contributed by atoms with Gasteiger partial charge in [0.15, 0.2) is 6.04 Å². The molecule has 0 aromatic heterocycles. The van der Waals surface area contributed by atoms with Gasteiger partial charge in [-0.2, -0.15) is 0 Å². The lowest BCUT2D eigenvalue weighted by molar-refractivity contribution is -0.927. The Hall–Kier alpha value is -1.88. The number of piperidine rings is 1. The van der Waals surface area contributed by atoms with E-state index >= 15 is 0 Å².